The Balaban J connectivity index is 0.000000196. The number of rotatable bonds is 6. The molecule has 12 N–H and O–H groups in total. The summed E-state index contributed by atoms with van der Waals surface area (Å²) in [7, 11) is 13.5. The number of aliphatic hydroxyl groups is 6. The molecule has 0 aromatic heterocycles. The van der Waals surface area contributed by atoms with E-state index in [9.17, 15) is 69.6 Å². The fourth-order valence-corrected chi connectivity index (χ4v) is 11.3. The van der Waals surface area contributed by atoms with Crippen molar-refractivity contribution in [1.82, 2.24) is 9.80 Å². The number of aromatic hydroxyl groups is 2. The van der Waals surface area contributed by atoms with Gasteiger partial charge in [0.15, 0.2) is 22.8 Å². The molecule has 2 fully saturated rings. The van der Waals surface area contributed by atoms with Crippen molar-refractivity contribution in [2.45, 2.75) is 49.0 Å². The Morgan fingerprint density at radius 3 is 1.15 bits per heavy atom. The molecule has 0 heterocycles. The zero-order chi connectivity index (χ0) is 49.1. The third-order valence-electron chi connectivity index (χ3n) is 14.1. The Morgan fingerprint density at radius 1 is 0.561 bits per heavy atom. The van der Waals surface area contributed by atoms with Crippen LogP contribution in [0, 0.1) is 23.7 Å². The molecule has 0 aliphatic heterocycles. The Kier molecular flexibility index (Phi) is 11.5. The summed E-state index contributed by atoms with van der Waals surface area (Å²) < 4.78 is 0. The number of hydrogen-bond acceptors (Lipinski definition) is 18. The lowest BCUT2D eigenvalue weighted by molar-refractivity contribution is -0.155. The van der Waals surface area contributed by atoms with E-state index in [0.717, 1.165) is 11.4 Å². The number of phenolic OH excluding ortho intramolecular Hbond substituents is 2. The van der Waals surface area contributed by atoms with Crippen molar-refractivity contribution in [3.63, 3.8) is 0 Å². The van der Waals surface area contributed by atoms with E-state index in [1.165, 1.54) is 21.9 Å². The summed E-state index contributed by atoms with van der Waals surface area (Å²) in [6, 6.07) is 4.02. The van der Waals surface area contributed by atoms with Gasteiger partial charge in [0.05, 0.1) is 23.2 Å². The molecule has 0 unspecified atom stereocenters. The van der Waals surface area contributed by atoms with Gasteiger partial charge < -0.3 is 62.1 Å². The highest BCUT2D eigenvalue weighted by atomic mass is 16.4. The third-order valence-corrected chi connectivity index (χ3v) is 14.1. The molecule has 2 amide bonds. The van der Waals surface area contributed by atoms with Crippen LogP contribution in [0.4, 0.5) is 11.4 Å². The standard InChI is InChI=1S/2C23H27N3O7/c2*1-25(2)12-5-6-13(27)15-10(12)7-9-8-11-17(26(3)4)19(29)16(22(24)32)21(31)23(11,33)20(30)14(9)18(15)28/h2*5-6,9,11,17,27-28,31,33H,7-8H2,1-4H3,(H2,24,32)/t2*9-,11-,17-,23-/m00/s1. The van der Waals surface area contributed by atoms with Gasteiger partial charge in [-0.3, -0.25) is 38.6 Å². The summed E-state index contributed by atoms with van der Waals surface area (Å²) in [5, 5.41) is 87.8. The molecular weight excluding hydrogens is 861 g/mol. The van der Waals surface area contributed by atoms with E-state index in [1.807, 2.05) is 38.0 Å². The highest BCUT2D eigenvalue weighted by Crippen LogP contribution is 2.55. The summed E-state index contributed by atoms with van der Waals surface area (Å²) in [5.41, 5.74) is 6.30. The van der Waals surface area contributed by atoms with Gasteiger partial charge in [-0.25, -0.2) is 0 Å². The number of hydrogen-bond donors (Lipinski definition) is 10. The first-order chi connectivity index (χ1) is 30.7. The molecular formula is C46H54N6O14. The highest BCUT2D eigenvalue weighted by molar-refractivity contribution is 6.25. The molecule has 0 radical (unpaired) electrons. The van der Waals surface area contributed by atoms with Crippen LogP contribution in [0.1, 0.15) is 35.1 Å². The normalized spacial score (nSPS) is 29.1. The van der Waals surface area contributed by atoms with Gasteiger partial charge in [-0.2, -0.15) is 0 Å². The topological polar surface area (TPSA) is 329 Å². The Hall–Kier alpha value is -6.74. The van der Waals surface area contributed by atoms with Gasteiger partial charge in [0.25, 0.3) is 11.8 Å². The lowest BCUT2D eigenvalue weighted by atomic mass is 9.57. The smallest absolute Gasteiger partial charge is 0.255 e. The number of Topliss-reactive ketones (excluding diaryl/α,β-unsaturated/α-hetero) is 4. The molecule has 6 aliphatic carbocycles. The van der Waals surface area contributed by atoms with E-state index >= 15 is 0 Å². The minimum absolute atomic E-state index is 0.0638. The van der Waals surface area contributed by atoms with E-state index in [2.05, 4.69) is 0 Å². The van der Waals surface area contributed by atoms with Crippen LogP contribution in [0.2, 0.25) is 0 Å². The van der Waals surface area contributed by atoms with Crippen LogP contribution in [-0.2, 0) is 41.6 Å². The van der Waals surface area contributed by atoms with Crippen LogP contribution >= 0.6 is 0 Å². The van der Waals surface area contributed by atoms with Crippen molar-refractivity contribution in [3.05, 3.63) is 80.3 Å². The molecule has 2 aromatic carbocycles. The van der Waals surface area contributed by atoms with E-state index in [-0.39, 0.29) is 59.5 Å². The molecule has 8 atom stereocenters. The minimum atomic E-state index is -2.63. The second-order valence-electron chi connectivity index (χ2n) is 18.6. The fourth-order valence-electron chi connectivity index (χ4n) is 11.3. The molecule has 0 spiro atoms. The largest absolute Gasteiger partial charge is 0.508 e. The van der Waals surface area contributed by atoms with Crippen molar-refractivity contribution >= 4 is 57.8 Å². The van der Waals surface area contributed by atoms with Gasteiger partial charge in [-0.1, -0.05) is 0 Å². The molecule has 0 saturated heterocycles. The number of phenols is 2. The number of benzene rings is 2. The van der Waals surface area contributed by atoms with Gasteiger partial charge in [0.2, 0.25) is 11.6 Å². The van der Waals surface area contributed by atoms with Crippen molar-refractivity contribution in [3.8, 4) is 11.5 Å². The van der Waals surface area contributed by atoms with Crippen LogP contribution in [0.15, 0.2) is 58.1 Å². The molecule has 352 valence electrons. The summed E-state index contributed by atoms with van der Waals surface area (Å²) in [6.07, 6.45) is 0.648. The molecule has 8 rings (SSSR count). The number of carbonyl (C=O) groups is 6. The maximum Gasteiger partial charge on any atom is 0.255 e. The molecule has 20 nitrogen and oxygen atoms in total. The molecule has 0 bridgehead atoms. The number of primary amides is 2. The first-order valence-corrected chi connectivity index (χ1v) is 21.0. The van der Waals surface area contributed by atoms with Crippen molar-refractivity contribution in [1.29, 1.82) is 0 Å². The second kappa shape index (κ2) is 16.0. The SMILES string of the molecule is CN(C)c1ccc(O)c2c1C[C@H]1C[C@H]3[C@H](N(C)C)C(=O)C(C(N)=O)=C(O)[C@@]3(O)C(=O)C1=C2O.CN(C)c1ccc(O)c2c1C[C@H]1C[C@H]3[C@H](N(C)C)C(=O)C(C(N)=O)=C(O)[C@@]3(O)C(=O)C1=C2O. The predicted octanol–water partition coefficient (Wildman–Crippen LogP) is 0.0600. The second-order valence-corrected chi connectivity index (χ2v) is 18.6. The van der Waals surface area contributed by atoms with Crippen molar-refractivity contribution in [2.24, 2.45) is 35.1 Å². The summed E-state index contributed by atoms with van der Waals surface area (Å²) >= 11 is 0. The van der Waals surface area contributed by atoms with E-state index < -0.39 is 116 Å². The number of fused-ring (bicyclic) bond motifs is 6. The molecule has 2 saturated carbocycles. The van der Waals surface area contributed by atoms with Crippen LogP contribution in [-0.4, -0.2) is 165 Å². The quantitative estimate of drug-likeness (QED) is 0.171. The van der Waals surface area contributed by atoms with Crippen molar-refractivity contribution < 1.29 is 69.6 Å². The predicted molar refractivity (Wildman–Crippen MR) is 237 cm³/mol. The summed E-state index contributed by atoms with van der Waals surface area (Å²) in [5.74, 6) is -13.1. The molecule has 6 aliphatic rings. The number of likely N-dealkylation sites (N-methyl/N-ethyl adjacent to an activating group) is 2. The average Bonchev–Trinajstić information content (AvgIpc) is 3.20. The maximum atomic E-state index is 13.7. The van der Waals surface area contributed by atoms with Gasteiger partial charge in [-0.05, 0) is 101 Å². The monoisotopic (exact) mass is 914 g/mol. The maximum absolute atomic E-state index is 13.7. The molecule has 2 aromatic rings. The Morgan fingerprint density at radius 2 is 0.879 bits per heavy atom. The molecule has 20 heteroatoms. The lowest BCUT2D eigenvalue weighted by Crippen LogP contribution is -2.65. The highest BCUT2D eigenvalue weighted by Gasteiger charge is 2.66. The zero-order valence-electron chi connectivity index (χ0n) is 37.6. The zero-order valence-corrected chi connectivity index (χ0v) is 37.6. The first kappa shape index (κ1) is 47.2. The van der Waals surface area contributed by atoms with E-state index in [4.69, 9.17) is 11.5 Å². The van der Waals surface area contributed by atoms with Gasteiger partial charge in [0, 0.05) is 62.5 Å². The van der Waals surface area contributed by atoms with Gasteiger partial charge in [0.1, 0.15) is 45.7 Å². The number of carbonyl (C=O) groups excluding carboxylic acids is 6. The van der Waals surface area contributed by atoms with Gasteiger partial charge >= 0.3 is 0 Å². The van der Waals surface area contributed by atoms with E-state index in [0.29, 0.717) is 11.1 Å². The van der Waals surface area contributed by atoms with Gasteiger partial charge in [-0.15, -0.1) is 0 Å². The average molecular weight is 915 g/mol. The summed E-state index contributed by atoms with van der Waals surface area (Å²) in [6.45, 7) is 0. The Bertz CT molecular complexity index is 2520. The number of ketones is 4. The number of nitrogens with two attached hydrogens (primary N) is 2. The summed E-state index contributed by atoms with van der Waals surface area (Å²) in [4.78, 5) is 84.0. The molecule has 66 heavy (non-hydrogen) atoms. The number of amides is 2. The third kappa shape index (κ3) is 6.48. The first-order valence-electron chi connectivity index (χ1n) is 21.0. The Labute approximate surface area is 378 Å². The van der Waals surface area contributed by atoms with Crippen LogP contribution in [0.3, 0.4) is 0 Å². The van der Waals surface area contributed by atoms with Crippen molar-refractivity contribution in [2.75, 3.05) is 66.2 Å². The van der Waals surface area contributed by atoms with Crippen LogP contribution in [0.25, 0.3) is 11.5 Å². The minimum Gasteiger partial charge on any atom is -0.508 e. The lowest BCUT2D eigenvalue weighted by Gasteiger charge is -2.50. The van der Waals surface area contributed by atoms with Crippen LogP contribution in [0.5, 0.6) is 11.5 Å². The number of aliphatic hydroxyl groups excluding tert-OH is 4. The fraction of sp³-hybridized carbons (Fsp3) is 0.435. The number of anilines is 2. The van der Waals surface area contributed by atoms with E-state index in [1.54, 1.807) is 40.3 Å². The van der Waals surface area contributed by atoms with Crippen LogP contribution < -0.4 is 21.3 Å². The number of nitrogens with zero attached hydrogens (tertiary/aromatic N) is 4.